The Bertz CT molecular complexity index is 529. The Balaban J connectivity index is 3.15. The minimum atomic E-state index is -0.664. The molecule has 0 aliphatic rings. The molecule has 0 fully saturated rings. The highest BCUT2D eigenvalue weighted by Crippen LogP contribution is 2.31. The number of hydrogen-bond donors (Lipinski definition) is 2. The van der Waals surface area contributed by atoms with Gasteiger partial charge in [-0.25, -0.2) is 0 Å². The lowest BCUT2D eigenvalue weighted by atomic mass is 10.0. The fraction of sp³-hybridized carbons (Fsp3) is 0.417. The van der Waals surface area contributed by atoms with Crippen molar-refractivity contribution in [1.82, 2.24) is 5.32 Å². The maximum absolute atomic E-state index is 12.0. The van der Waals surface area contributed by atoms with E-state index in [0.29, 0.717) is 0 Å². The summed E-state index contributed by atoms with van der Waals surface area (Å²) >= 11 is 5.80. The number of carbonyl (C=O) groups is 1. The molecule has 0 atom stereocenters. The van der Waals surface area contributed by atoms with Crippen molar-refractivity contribution in [1.29, 1.82) is 0 Å². The number of nitro groups is 1. The molecule has 1 aromatic rings. The van der Waals surface area contributed by atoms with Gasteiger partial charge in [0.25, 0.3) is 11.6 Å². The Morgan fingerprint density at radius 1 is 1.53 bits per heavy atom. The Hall–Kier alpha value is -1.82. The predicted octanol–water partition coefficient (Wildman–Crippen LogP) is 2.75. The van der Waals surface area contributed by atoms with E-state index < -0.39 is 16.4 Å². The van der Waals surface area contributed by atoms with Crippen LogP contribution in [0.25, 0.3) is 0 Å². The first kappa shape index (κ1) is 15.2. The van der Waals surface area contributed by atoms with Gasteiger partial charge in [-0.1, -0.05) is 18.5 Å². The number of carbonyl (C=O) groups excluding carboxylic acids is 1. The molecular formula is C12H16ClN3O3. The number of nitrogens with one attached hydrogen (secondary N) is 1. The zero-order valence-electron chi connectivity index (χ0n) is 11.0. The molecule has 0 heterocycles. The number of benzene rings is 1. The van der Waals surface area contributed by atoms with E-state index in [1.807, 2.05) is 20.8 Å². The SMILES string of the molecule is CCC(C)(C)NC(=O)c1cc(Cl)c(N)c([N+](=O)[O-])c1. The molecule has 0 aliphatic heterocycles. The summed E-state index contributed by atoms with van der Waals surface area (Å²) in [6.45, 7) is 5.65. The molecule has 0 unspecified atom stereocenters. The first-order chi connectivity index (χ1) is 8.68. The number of anilines is 1. The second kappa shape index (κ2) is 5.44. The number of nitro benzene ring substituents is 1. The fourth-order valence-electron chi connectivity index (χ4n) is 1.35. The molecule has 1 amide bonds. The summed E-state index contributed by atoms with van der Waals surface area (Å²) in [5.41, 5.74) is 4.71. The average molecular weight is 286 g/mol. The first-order valence-corrected chi connectivity index (χ1v) is 6.11. The molecular weight excluding hydrogens is 270 g/mol. The molecule has 0 spiro atoms. The Kier molecular flexibility index (Phi) is 4.36. The van der Waals surface area contributed by atoms with Crippen molar-refractivity contribution in [2.75, 3.05) is 5.73 Å². The van der Waals surface area contributed by atoms with E-state index in [1.165, 1.54) is 6.07 Å². The summed E-state index contributed by atoms with van der Waals surface area (Å²) in [4.78, 5) is 22.2. The van der Waals surface area contributed by atoms with Crippen LogP contribution in [0.3, 0.4) is 0 Å². The summed E-state index contributed by atoms with van der Waals surface area (Å²) in [5.74, 6) is -0.420. The Morgan fingerprint density at radius 3 is 2.58 bits per heavy atom. The van der Waals surface area contributed by atoms with Crippen LogP contribution >= 0.6 is 11.6 Å². The van der Waals surface area contributed by atoms with Gasteiger partial charge in [-0.05, 0) is 26.3 Å². The molecule has 0 aliphatic carbocycles. The van der Waals surface area contributed by atoms with E-state index >= 15 is 0 Å². The van der Waals surface area contributed by atoms with Crippen molar-refractivity contribution in [3.63, 3.8) is 0 Å². The summed E-state index contributed by atoms with van der Waals surface area (Å²) in [6.07, 6.45) is 0.726. The predicted molar refractivity (Wildman–Crippen MR) is 74.4 cm³/mol. The Morgan fingerprint density at radius 2 is 2.11 bits per heavy atom. The number of nitrogens with two attached hydrogens (primary N) is 1. The maximum atomic E-state index is 12.0. The topological polar surface area (TPSA) is 98.3 Å². The number of halogens is 1. The third-order valence-corrected chi connectivity index (χ3v) is 3.22. The molecule has 0 saturated heterocycles. The van der Waals surface area contributed by atoms with Crippen LogP contribution in [0, 0.1) is 10.1 Å². The highest BCUT2D eigenvalue weighted by molar-refractivity contribution is 6.34. The molecule has 0 aromatic heterocycles. The van der Waals surface area contributed by atoms with Crippen molar-refractivity contribution >= 4 is 28.9 Å². The minimum Gasteiger partial charge on any atom is -0.392 e. The molecule has 19 heavy (non-hydrogen) atoms. The second-order valence-corrected chi connectivity index (χ2v) is 5.25. The van der Waals surface area contributed by atoms with Gasteiger partial charge in [0.05, 0.1) is 9.95 Å². The highest BCUT2D eigenvalue weighted by atomic mass is 35.5. The average Bonchev–Trinajstić information content (AvgIpc) is 2.31. The minimum absolute atomic E-state index is 0.00588. The van der Waals surface area contributed by atoms with Crippen molar-refractivity contribution in [2.24, 2.45) is 0 Å². The largest absolute Gasteiger partial charge is 0.392 e. The van der Waals surface area contributed by atoms with Crippen LogP contribution in [-0.2, 0) is 0 Å². The molecule has 104 valence electrons. The zero-order valence-corrected chi connectivity index (χ0v) is 11.7. The van der Waals surface area contributed by atoms with Crippen molar-refractivity contribution < 1.29 is 9.72 Å². The number of amides is 1. The number of nitrogens with zero attached hydrogens (tertiary/aromatic N) is 1. The van der Waals surface area contributed by atoms with Crippen molar-refractivity contribution in [3.8, 4) is 0 Å². The van der Waals surface area contributed by atoms with Gasteiger partial charge < -0.3 is 11.1 Å². The molecule has 1 aromatic carbocycles. The fourth-order valence-corrected chi connectivity index (χ4v) is 1.57. The van der Waals surface area contributed by atoms with Gasteiger partial charge in [-0.3, -0.25) is 14.9 Å². The second-order valence-electron chi connectivity index (χ2n) is 4.84. The summed E-state index contributed by atoms with van der Waals surface area (Å²) in [6, 6.07) is 2.45. The lowest BCUT2D eigenvalue weighted by Crippen LogP contribution is -2.42. The van der Waals surface area contributed by atoms with Gasteiger partial charge in [-0.15, -0.1) is 0 Å². The van der Waals surface area contributed by atoms with E-state index in [0.717, 1.165) is 12.5 Å². The standard InChI is InChI=1S/C12H16ClN3O3/c1-4-12(2,3)15-11(17)7-5-8(13)10(14)9(6-7)16(18)19/h5-6H,4,14H2,1-3H3,(H,15,17). The van der Waals surface area contributed by atoms with E-state index in [9.17, 15) is 14.9 Å². The van der Waals surface area contributed by atoms with Gasteiger partial charge in [0.1, 0.15) is 5.69 Å². The van der Waals surface area contributed by atoms with Crippen molar-refractivity contribution in [2.45, 2.75) is 32.7 Å². The van der Waals surface area contributed by atoms with Crippen LogP contribution in [-0.4, -0.2) is 16.4 Å². The number of rotatable bonds is 4. The highest BCUT2D eigenvalue weighted by Gasteiger charge is 2.23. The van der Waals surface area contributed by atoms with Gasteiger partial charge in [0.2, 0.25) is 0 Å². The van der Waals surface area contributed by atoms with Gasteiger partial charge in [0, 0.05) is 17.2 Å². The van der Waals surface area contributed by atoms with Crippen LogP contribution in [0.1, 0.15) is 37.6 Å². The van der Waals surface area contributed by atoms with Gasteiger partial charge in [-0.2, -0.15) is 0 Å². The number of hydrogen-bond acceptors (Lipinski definition) is 4. The molecule has 0 radical (unpaired) electrons. The van der Waals surface area contributed by atoms with Crippen LogP contribution in [0.2, 0.25) is 5.02 Å². The lowest BCUT2D eigenvalue weighted by molar-refractivity contribution is -0.383. The summed E-state index contributed by atoms with van der Waals surface area (Å²) in [5, 5.41) is 13.6. The van der Waals surface area contributed by atoms with Crippen LogP contribution in [0.4, 0.5) is 11.4 Å². The maximum Gasteiger partial charge on any atom is 0.294 e. The quantitative estimate of drug-likeness (QED) is 0.505. The van der Waals surface area contributed by atoms with Crippen LogP contribution < -0.4 is 11.1 Å². The Labute approximate surface area is 116 Å². The van der Waals surface area contributed by atoms with E-state index in [2.05, 4.69) is 5.32 Å². The van der Waals surface area contributed by atoms with Crippen LogP contribution in [0.15, 0.2) is 12.1 Å². The normalized spacial score (nSPS) is 11.2. The summed E-state index contributed by atoms with van der Waals surface area (Å²) in [7, 11) is 0. The molecule has 0 saturated carbocycles. The van der Waals surface area contributed by atoms with E-state index in [1.54, 1.807) is 0 Å². The third-order valence-electron chi connectivity index (χ3n) is 2.90. The molecule has 1 rings (SSSR count). The van der Waals surface area contributed by atoms with Gasteiger partial charge in [0.15, 0.2) is 0 Å². The molecule has 6 nitrogen and oxygen atoms in total. The van der Waals surface area contributed by atoms with Crippen molar-refractivity contribution in [3.05, 3.63) is 32.8 Å². The molecule has 3 N–H and O–H groups in total. The van der Waals surface area contributed by atoms with E-state index in [4.69, 9.17) is 17.3 Å². The third kappa shape index (κ3) is 3.57. The lowest BCUT2D eigenvalue weighted by Gasteiger charge is -2.24. The zero-order chi connectivity index (χ0) is 14.8. The van der Waals surface area contributed by atoms with E-state index in [-0.39, 0.29) is 22.0 Å². The monoisotopic (exact) mass is 285 g/mol. The van der Waals surface area contributed by atoms with Crippen LogP contribution in [0.5, 0.6) is 0 Å². The molecule has 7 heteroatoms. The summed E-state index contributed by atoms with van der Waals surface area (Å²) < 4.78 is 0. The number of nitrogen functional groups attached to an aromatic ring is 1. The van der Waals surface area contributed by atoms with Gasteiger partial charge >= 0.3 is 0 Å². The smallest absolute Gasteiger partial charge is 0.294 e. The first-order valence-electron chi connectivity index (χ1n) is 5.74. The molecule has 0 bridgehead atoms.